The van der Waals surface area contributed by atoms with Crippen molar-refractivity contribution in [2.45, 2.75) is 13.6 Å². The molecule has 3 heterocycles. The number of thiazole rings is 1. The standard InChI is InChI=1S/C19H16IN3O4S/c1-2-26-18(25)12-3-5-13(6-4-12)22-10-21-19-23(11-22)17(24)15(28-19)9-14-7-8-16(20)27-14/h3-9H,2,10-11H2,1H3. The molecule has 28 heavy (non-hydrogen) atoms. The van der Waals surface area contributed by atoms with E-state index in [1.165, 1.54) is 11.3 Å². The van der Waals surface area contributed by atoms with Crippen molar-refractivity contribution in [1.82, 2.24) is 4.57 Å². The van der Waals surface area contributed by atoms with Crippen LogP contribution in [0.5, 0.6) is 0 Å². The summed E-state index contributed by atoms with van der Waals surface area (Å²) < 4.78 is 13.5. The summed E-state index contributed by atoms with van der Waals surface area (Å²) in [4.78, 5) is 31.7. The number of benzene rings is 1. The fourth-order valence-electron chi connectivity index (χ4n) is 2.83. The van der Waals surface area contributed by atoms with E-state index >= 15 is 0 Å². The van der Waals surface area contributed by atoms with E-state index in [0.717, 1.165) is 9.45 Å². The summed E-state index contributed by atoms with van der Waals surface area (Å²) in [5, 5.41) is 0. The number of halogens is 1. The van der Waals surface area contributed by atoms with Gasteiger partial charge in [0.05, 0.1) is 16.7 Å². The zero-order valence-electron chi connectivity index (χ0n) is 14.9. The van der Waals surface area contributed by atoms with Crippen LogP contribution in [0.15, 0.2) is 50.6 Å². The maximum Gasteiger partial charge on any atom is 0.338 e. The number of rotatable bonds is 4. The minimum atomic E-state index is -0.346. The van der Waals surface area contributed by atoms with Crippen LogP contribution >= 0.6 is 33.9 Å². The zero-order valence-corrected chi connectivity index (χ0v) is 17.9. The Labute approximate surface area is 177 Å². The number of hydrogen-bond acceptors (Lipinski definition) is 7. The highest BCUT2D eigenvalue weighted by atomic mass is 127. The SMILES string of the molecule is CCOC(=O)c1ccc(N2CN=c3sc(=Cc4ccc(I)o4)c(=O)n3C2)cc1. The fourth-order valence-corrected chi connectivity index (χ4v) is 4.21. The quantitative estimate of drug-likeness (QED) is 0.398. The molecule has 0 atom stereocenters. The Hall–Kier alpha value is -2.40. The van der Waals surface area contributed by atoms with E-state index in [9.17, 15) is 9.59 Å². The van der Waals surface area contributed by atoms with Crippen molar-refractivity contribution in [3.63, 3.8) is 0 Å². The maximum atomic E-state index is 12.8. The molecule has 0 spiro atoms. The molecular formula is C19H16IN3O4S. The van der Waals surface area contributed by atoms with Gasteiger partial charge in [-0.2, -0.15) is 0 Å². The Kier molecular flexibility index (Phi) is 5.36. The van der Waals surface area contributed by atoms with Gasteiger partial charge < -0.3 is 14.1 Å². The van der Waals surface area contributed by atoms with Crippen LogP contribution in [0.4, 0.5) is 5.69 Å². The third-order valence-corrected chi connectivity index (χ3v) is 5.81. The summed E-state index contributed by atoms with van der Waals surface area (Å²) in [5.41, 5.74) is 1.28. The Morgan fingerprint density at radius 1 is 1.32 bits per heavy atom. The van der Waals surface area contributed by atoms with E-state index in [0.29, 0.717) is 40.6 Å². The van der Waals surface area contributed by atoms with Crippen LogP contribution in [0.2, 0.25) is 0 Å². The van der Waals surface area contributed by atoms with Crippen molar-refractivity contribution in [3.8, 4) is 0 Å². The normalized spacial score (nSPS) is 13.9. The summed E-state index contributed by atoms with van der Waals surface area (Å²) in [7, 11) is 0. The van der Waals surface area contributed by atoms with Crippen LogP contribution in [0.25, 0.3) is 6.08 Å². The number of anilines is 1. The largest absolute Gasteiger partial charge is 0.462 e. The molecule has 0 aliphatic carbocycles. The van der Waals surface area contributed by atoms with Gasteiger partial charge in [0.2, 0.25) is 0 Å². The number of hydrogen-bond donors (Lipinski definition) is 0. The number of aromatic nitrogens is 1. The molecule has 144 valence electrons. The van der Waals surface area contributed by atoms with Crippen molar-refractivity contribution in [2.24, 2.45) is 4.99 Å². The van der Waals surface area contributed by atoms with Crippen LogP contribution in [0.1, 0.15) is 23.0 Å². The van der Waals surface area contributed by atoms with Gasteiger partial charge in [-0.25, -0.2) is 9.79 Å². The molecular weight excluding hydrogens is 493 g/mol. The topological polar surface area (TPSA) is 77.0 Å². The van der Waals surface area contributed by atoms with Gasteiger partial charge in [0.25, 0.3) is 5.56 Å². The zero-order chi connectivity index (χ0) is 19.7. The minimum Gasteiger partial charge on any atom is -0.462 e. The van der Waals surface area contributed by atoms with Crippen molar-refractivity contribution in [3.05, 3.63) is 71.2 Å². The molecule has 0 radical (unpaired) electrons. The van der Waals surface area contributed by atoms with Crippen LogP contribution < -0.4 is 19.8 Å². The van der Waals surface area contributed by atoms with Gasteiger partial charge in [0.15, 0.2) is 8.57 Å². The molecule has 2 aromatic heterocycles. The highest BCUT2D eigenvalue weighted by Gasteiger charge is 2.17. The van der Waals surface area contributed by atoms with E-state index in [-0.39, 0.29) is 11.5 Å². The van der Waals surface area contributed by atoms with Crippen LogP contribution in [0, 0.1) is 3.77 Å². The second-order valence-corrected chi connectivity index (χ2v) is 8.09. The van der Waals surface area contributed by atoms with Crippen molar-refractivity contribution >= 4 is 51.7 Å². The summed E-state index contributed by atoms with van der Waals surface area (Å²) in [6.07, 6.45) is 1.74. The van der Waals surface area contributed by atoms with Crippen molar-refractivity contribution in [1.29, 1.82) is 0 Å². The Morgan fingerprint density at radius 2 is 2.11 bits per heavy atom. The first-order valence-corrected chi connectivity index (χ1v) is 10.5. The molecule has 1 aliphatic heterocycles. The lowest BCUT2D eigenvalue weighted by Gasteiger charge is -2.25. The summed E-state index contributed by atoms with van der Waals surface area (Å²) in [6.45, 7) is 2.95. The molecule has 0 bridgehead atoms. The van der Waals surface area contributed by atoms with Crippen LogP contribution in [0.3, 0.4) is 0 Å². The lowest BCUT2D eigenvalue weighted by molar-refractivity contribution is 0.0526. The molecule has 0 N–H and O–H groups in total. The van der Waals surface area contributed by atoms with Gasteiger partial charge in [-0.3, -0.25) is 9.36 Å². The van der Waals surface area contributed by atoms with E-state index in [4.69, 9.17) is 9.15 Å². The van der Waals surface area contributed by atoms with E-state index in [1.54, 1.807) is 29.7 Å². The lowest BCUT2D eigenvalue weighted by atomic mass is 10.2. The third-order valence-electron chi connectivity index (χ3n) is 4.19. The highest BCUT2D eigenvalue weighted by molar-refractivity contribution is 14.1. The van der Waals surface area contributed by atoms with Gasteiger partial charge in [-0.05, 0) is 65.9 Å². The maximum absolute atomic E-state index is 12.8. The second-order valence-electron chi connectivity index (χ2n) is 6.02. The third kappa shape index (κ3) is 3.76. The Morgan fingerprint density at radius 3 is 2.79 bits per heavy atom. The first-order valence-electron chi connectivity index (χ1n) is 8.58. The summed E-state index contributed by atoms with van der Waals surface area (Å²) >= 11 is 3.44. The number of furan rings is 1. The molecule has 0 fully saturated rings. The molecule has 4 rings (SSSR count). The van der Waals surface area contributed by atoms with E-state index in [2.05, 4.69) is 27.6 Å². The smallest absolute Gasteiger partial charge is 0.338 e. The number of carbonyl (C=O) groups excluding carboxylic acids is 1. The van der Waals surface area contributed by atoms with Gasteiger partial charge in [-0.1, -0.05) is 11.3 Å². The van der Waals surface area contributed by atoms with Crippen molar-refractivity contribution in [2.75, 3.05) is 18.2 Å². The van der Waals surface area contributed by atoms with Crippen LogP contribution in [-0.2, 0) is 11.4 Å². The first-order chi connectivity index (χ1) is 13.5. The van der Waals surface area contributed by atoms with Crippen LogP contribution in [-0.4, -0.2) is 23.8 Å². The predicted molar refractivity (Wildman–Crippen MR) is 114 cm³/mol. The molecule has 3 aromatic rings. The van der Waals surface area contributed by atoms with Gasteiger partial charge in [-0.15, -0.1) is 0 Å². The second kappa shape index (κ2) is 7.92. The number of fused-ring (bicyclic) bond motifs is 1. The molecule has 1 aromatic carbocycles. The molecule has 0 amide bonds. The summed E-state index contributed by atoms with van der Waals surface area (Å²) in [5.74, 6) is 0.300. The average Bonchev–Trinajstić information content (AvgIpc) is 3.25. The lowest BCUT2D eigenvalue weighted by Crippen LogP contribution is -2.42. The van der Waals surface area contributed by atoms with Gasteiger partial charge >= 0.3 is 5.97 Å². The molecule has 1 aliphatic rings. The summed E-state index contributed by atoms with van der Waals surface area (Å²) in [6, 6.07) is 10.8. The monoisotopic (exact) mass is 509 g/mol. The molecule has 0 saturated carbocycles. The Bertz CT molecular complexity index is 1190. The van der Waals surface area contributed by atoms with E-state index < -0.39 is 0 Å². The predicted octanol–water partition coefficient (Wildman–Crippen LogP) is 2.17. The van der Waals surface area contributed by atoms with E-state index in [1.807, 2.05) is 29.2 Å². The minimum absolute atomic E-state index is 0.0944. The number of esters is 1. The molecule has 9 heteroatoms. The molecule has 7 nitrogen and oxygen atoms in total. The fraction of sp³-hybridized carbons (Fsp3) is 0.211. The molecule has 0 saturated heterocycles. The van der Waals surface area contributed by atoms with Crippen molar-refractivity contribution < 1.29 is 13.9 Å². The Balaban J connectivity index is 1.59. The number of nitrogens with zero attached hydrogens (tertiary/aromatic N) is 3. The number of ether oxygens (including phenoxy) is 1. The molecule has 0 unspecified atom stereocenters. The van der Waals surface area contributed by atoms with Gasteiger partial charge in [0.1, 0.15) is 19.1 Å². The first kappa shape index (κ1) is 18.9. The van der Waals surface area contributed by atoms with Gasteiger partial charge in [0, 0.05) is 11.8 Å². The average molecular weight is 509 g/mol. The highest BCUT2D eigenvalue weighted by Crippen LogP contribution is 2.17. The number of carbonyl (C=O) groups is 1.